The number of hydrogen-bond acceptors (Lipinski definition) is 4. The predicted octanol–water partition coefficient (Wildman–Crippen LogP) is -0.0610. The second kappa shape index (κ2) is 4.73. The molecule has 0 radical (unpaired) electrons. The van der Waals surface area contributed by atoms with Gasteiger partial charge in [-0.1, -0.05) is 0 Å². The van der Waals surface area contributed by atoms with Gasteiger partial charge < -0.3 is 20.7 Å². The maximum atomic E-state index is 10.9. The second-order valence-corrected chi connectivity index (χ2v) is 3.68. The van der Waals surface area contributed by atoms with E-state index in [4.69, 9.17) is 10.5 Å². The number of ether oxygens (including phenoxy) is 1. The van der Waals surface area contributed by atoms with Gasteiger partial charge in [-0.15, -0.1) is 0 Å². The lowest BCUT2D eigenvalue weighted by Gasteiger charge is -2.30. The number of benzene rings is 1. The highest BCUT2D eigenvalue weighted by Crippen LogP contribution is 2.33. The molecular formula is C11H13N3O3. The fraction of sp³-hybridized carbons (Fsp3) is 0.273. The molecular weight excluding hydrogens is 222 g/mol. The van der Waals surface area contributed by atoms with E-state index in [1.807, 2.05) is 4.90 Å². The summed E-state index contributed by atoms with van der Waals surface area (Å²) in [6, 6.07) is 5.26. The molecule has 2 rings (SSSR count). The predicted molar refractivity (Wildman–Crippen MR) is 63.0 cm³/mol. The van der Waals surface area contributed by atoms with Gasteiger partial charge in [0.1, 0.15) is 12.4 Å². The number of fused-ring (bicyclic) bond motifs is 1. The Kier molecular flexibility index (Phi) is 3.13. The van der Waals surface area contributed by atoms with Gasteiger partial charge in [0.25, 0.3) is 0 Å². The first kappa shape index (κ1) is 11.3. The minimum atomic E-state index is -0.382. The summed E-state index contributed by atoms with van der Waals surface area (Å²) in [5.41, 5.74) is 6.64. The van der Waals surface area contributed by atoms with Crippen LogP contribution in [0.25, 0.3) is 0 Å². The molecule has 2 amide bonds. The summed E-state index contributed by atoms with van der Waals surface area (Å²) in [4.78, 5) is 23.1. The fourth-order valence-electron chi connectivity index (χ4n) is 1.79. The minimum absolute atomic E-state index is 0.164. The van der Waals surface area contributed by atoms with Gasteiger partial charge >= 0.3 is 0 Å². The van der Waals surface area contributed by atoms with Gasteiger partial charge in [-0.2, -0.15) is 0 Å². The monoisotopic (exact) mass is 235 g/mol. The number of primary amides is 1. The number of anilines is 2. The molecule has 1 heterocycles. The Morgan fingerprint density at radius 1 is 1.59 bits per heavy atom. The molecule has 0 saturated carbocycles. The van der Waals surface area contributed by atoms with E-state index < -0.39 is 0 Å². The summed E-state index contributed by atoms with van der Waals surface area (Å²) < 4.78 is 5.47. The highest BCUT2D eigenvalue weighted by atomic mass is 16.5. The molecule has 0 saturated heterocycles. The van der Waals surface area contributed by atoms with Crippen LogP contribution in [-0.4, -0.2) is 32.0 Å². The van der Waals surface area contributed by atoms with Gasteiger partial charge in [-0.25, -0.2) is 0 Å². The van der Waals surface area contributed by atoms with E-state index in [-0.39, 0.29) is 12.5 Å². The second-order valence-electron chi connectivity index (χ2n) is 3.68. The Labute approximate surface area is 98.3 Å². The quantitative estimate of drug-likeness (QED) is 0.716. The van der Waals surface area contributed by atoms with Crippen molar-refractivity contribution >= 4 is 23.7 Å². The van der Waals surface area contributed by atoms with Crippen molar-refractivity contribution in [2.45, 2.75) is 0 Å². The normalized spacial score (nSPS) is 13.5. The van der Waals surface area contributed by atoms with Crippen LogP contribution in [0, 0.1) is 0 Å². The van der Waals surface area contributed by atoms with Gasteiger partial charge in [0.2, 0.25) is 12.3 Å². The summed E-state index contributed by atoms with van der Waals surface area (Å²) in [5.74, 6) is 0.261. The highest BCUT2D eigenvalue weighted by Gasteiger charge is 2.19. The lowest BCUT2D eigenvalue weighted by Crippen LogP contribution is -2.39. The van der Waals surface area contributed by atoms with Crippen LogP contribution in [0.4, 0.5) is 11.4 Å². The van der Waals surface area contributed by atoms with Gasteiger partial charge in [0.05, 0.1) is 18.8 Å². The number of hydrogen-bond donors (Lipinski definition) is 2. The Morgan fingerprint density at radius 3 is 3.12 bits per heavy atom. The van der Waals surface area contributed by atoms with Crippen molar-refractivity contribution in [2.75, 3.05) is 29.9 Å². The topological polar surface area (TPSA) is 84.7 Å². The summed E-state index contributed by atoms with van der Waals surface area (Å²) in [6.45, 7) is 1.28. The molecule has 3 N–H and O–H groups in total. The van der Waals surface area contributed by atoms with Gasteiger partial charge in [0, 0.05) is 11.8 Å². The molecule has 0 aliphatic carbocycles. The third-order valence-corrected chi connectivity index (χ3v) is 2.49. The SMILES string of the molecule is NC(=O)CN1CCOc2cc(NC=O)ccc21. The van der Waals surface area contributed by atoms with Crippen LogP contribution in [0.2, 0.25) is 0 Å². The highest BCUT2D eigenvalue weighted by molar-refractivity contribution is 5.82. The maximum Gasteiger partial charge on any atom is 0.236 e. The zero-order valence-corrected chi connectivity index (χ0v) is 9.18. The molecule has 0 atom stereocenters. The number of amides is 2. The number of nitrogens with two attached hydrogens (primary N) is 1. The third kappa shape index (κ3) is 2.47. The summed E-state index contributed by atoms with van der Waals surface area (Å²) in [7, 11) is 0. The lowest BCUT2D eigenvalue weighted by molar-refractivity contribution is -0.116. The first-order valence-corrected chi connectivity index (χ1v) is 5.21. The van der Waals surface area contributed by atoms with Crippen molar-refractivity contribution in [2.24, 2.45) is 5.73 Å². The molecule has 0 unspecified atom stereocenters. The number of carbonyl (C=O) groups excluding carboxylic acids is 2. The molecule has 0 spiro atoms. The van der Waals surface area contributed by atoms with Crippen molar-refractivity contribution in [1.29, 1.82) is 0 Å². The minimum Gasteiger partial charge on any atom is -0.489 e. The zero-order valence-electron chi connectivity index (χ0n) is 9.18. The molecule has 17 heavy (non-hydrogen) atoms. The molecule has 6 nitrogen and oxygen atoms in total. The summed E-state index contributed by atoms with van der Waals surface area (Å²) in [5, 5.41) is 2.54. The largest absolute Gasteiger partial charge is 0.489 e. The van der Waals surface area contributed by atoms with E-state index in [1.54, 1.807) is 18.2 Å². The molecule has 1 aromatic rings. The van der Waals surface area contributed by atoms with E-state index in [2.05, 4.69) is 5.32 Å². The lowest BCUT2D eigenvalue weighted by atomic mass is 10.2. The van der Waals surface area contributed by atoms with Crippen LogP contribution in [-0.2, 0) is 9.59 Å². The molecule has 0 fully saturated rings. The van der Waals surface area contributed by atoms with Crippen LogP contribution in [0.15, 0.2) is 18.2 Å². The number of nitrogens with one attached hydrogen (secondary N) is 1. The van der Waals surface area contributed by atoms with Gasteiger partial charge in [0.15, 0.2) is 0 Å². The fourth-order valence-corrected chi connectivity index (χ4v) is 1.79. The van der Waals surface area contributed by atoms with Crippen molar-refractivity contribution in [3.05, 3.63) is 18.2 Å². The first-order valence-electron chi connectivity index (χ1n) is 5.21. The van der Waals surface area contributed by atoms with E-state index in [0.717, 1.165) is 5.69 Å². The smallest absolute Gasteiger partial charge is 0.236 e. The van der Waals surface area contributed by atoms with Crippen LogP contribution in [0.3, 0.4) is 0 Å². The Morgan fingerprint density at radius 2 is 2.41 bits per heavy atom. The molecule has 90 valence electrons. The van der Waals surface area contributed by atoms with E-state index in [0.29, 0.717) is 31.0 Å². The Bertz CT molecular complexity index is 448. The molecule has 0 bridgehead atoms. The molecule has 1 aliphatic heterocycles. The number of nitrogens with zero attached hydrogens (tertiary/aromatic N) is 1. The van der Waals surface area contributed by atoms with Gasteiger partial charge in [-0.3, -0.25) is 9.59 Å². The molecule has 6 heteroatoms. The van der Waals surface area contributed by atoms with Crippen LogP contribution >= 0.6 is 0 Å². The van der Waals surface area contributed by atoms with Crippen molar-refractivity contribution in [1.82, 2.24) is 0 Å². The van der Waals surface area contributed by atoms with Crippen molar-refractivity contribution < 1.29 is 14.3 Å². The maximum absolute atomic E-state index is 10.9. The van der Waals surface area contributed by atoms with E-state index in [1.165, 1.54) is 0 Å². The summed E-state index contributed by atoms with van der Waals surface area (Å²) >= 11 is 0. The zero-order chi connectivity index (χ0) is 12.3. The average Bonchev–Trinajstić information content (AvgIpc) is 2.29. The van der Waals surface area contributed by atoms with Crippen LogP contribution in [0.1, 0.15) is 0 Å². The third-order valence-electron chi connectivity index (χ3n) is 2.49. The van der Waals surface area contributed by atoms with E-state index in [9.17, 15) is 9.59 Å². The standard InChI is InChI=1S/C11H13N3O3/c12-11(16)6-14-3-4-17-10-5-8(13-7-15)1-2-9(10)14/h1-2,5,7H,3-4,6H2,(H2,12,16)(H,13,15). The molecule has 1 aliphatic rings. The summed E-state index contributed by atoms with van der Waals surface area (Å²) in [6.07, 6.45) is 0.603. The Hall–Kier alpha value is -2.24. The number of rotatable bonds is 4. The van der Waals surface area contributed by atoms with Crippen molar-refractivity contribution in [3.8, 4) is 5.75 Å². The van der Waals surface area contributed by atoms with Crippen LogP contribution in [0.5, 0.6) is 5.75 Å². The average molecular weight is 235 g/mol. The van der Waals surface area contributed by atoms with E-state index >= 15 is 0 Å². The van der Waals surface area contributed by atoms with Gasteiger partial charge in [-0.05, 0) is 12.1 Å². The Balaban J connectivity index is 2.26. The molecule has 0 aromatic heterocycles. The first-order chi connectivity index (χ1) is 8.20. The van der Waals surface area contributed by atoms with Crippen LogP contribution < -0.4 is 20.7 Å². The van der Waals surface area contributed by atoms with Crippen molar-refractivity contribution in [3.63, 3.8) is 0 Å². The molecule has 1 aromatic carbocycles. The number of carbonyl (C=O) groups is 2.